The fraction of sp³-hybridized carbons (Fsp3) is 0.263. The predicted octanol–water partition coefficient (Wildman–Crippen LogP) is 2.80. The summed E-state index contributed by atoms with van der Waals surface area (Å²) >= 11 is 0. The lowest BCUT2D eigenvalue weighted by Gasteiger charge is -2.33. The van der Waals surface area contributed by atoms with Crippen LogP contribution in [0.15, 0.2) is 52.9 Å². The SMILES string of the molecule is COc1cccc(C(=O)N2CCN(c3nc4ccccc4o3)CC2)c1. The highest BCUT2D eigenvalue weighted by molar-refractivity contribution is 5.94. The van der Waals surface area contributed by atoms with Gasteiger partial charge < -0.3 is 19.0 Å². The molecule has 0 radical (unpaired) electrons. The highest BCUT2D eigenvalue weighted by Gasteiger charge is 2.24. The Morgan fingerprint density at radius 2 is 1.88 bits per heavy atom. The van der Waals surface area contributed by atoms with Gasteiger partial charge in [0, 0.05) is 31.7 Å². The first kappa shape index (κ1) is 15.5. The monoisotopic (exact) mass is 337 g/mol. The smallest absolute Gasteiger partial charge is 0.298 e. The lowest BCUT2D eigenvalue weighted by atomic mass is 10.1. The van der Waals surface area contributed by atoms with Crippen LogP contribution >= 0.6 is 0 Å². The van der Waals surface area contributed by atoms with Gasteiger partial charge in [-0.25, -0.2) is 0 Å². The van der Waals surface area contributed by atoms with Crippen molar-refractivity contribution in [3.63, 3.8) is 0 Å². The summed E-state index contributed by atoms with van der Waals surface area (Å²) in [5.41, 5.74) is 2.29. The molecule has 0 unspecified atom stereocenters. The van der Waals surface area contributed by atoms with E-state index in [4.69, 9.17) is 9.15 Å². The van der Waals surface area contributed by atoms with Gasteiger partial charge in [-0.1, -0.05) is 18.2 Å². The van der Waals surface area contributed by atoms with Crippen LogP contribution in [0, 0.1) is 0 Å². The minimum atomic E-state index is 0.0242. The van der Waals surface area contributed by atoms with Crippen molar-refractivity contribution in [2.45, 2.75) is 0 Å². The van der Waals surface area contributed by atoms with Gasteiger partial charge >= 0.3 is 0 Å². The largest absolute Gasteiger partial charge is 0.497 e. The molecular weight excluding hydrogens is 318 g/mol. The van der Waals surface area contributed by atoms with Crippen molar-refractivity contribution < 1.29 is 13.9 Å². The fourth-order valence-electron chi connectivity index (χ4n) is 3.03. The third kappa shape index (κ3) is 3.03. The van der Waals surface area contributed by atoms with Crippen molar-refractivity contribution in [2.24, 2.45) is 0 Å². The van der Waals surface area contributed by atoms with E-state index < -0.39 is 0 Å². The number of methoxy groups -OCH3 is 1. The average Bonchev–Trinajstić information content (AvgIpc) is 3.12. The van der Waals surface area contributed by atoms with Crippen LogP contribution in [-0.2, 0) is 0 Å². The van der Waals surface area contributed by atoms with Crippen molar-refractivity contribution in [1.82, 2.24) is 9.88 Å². The van der Waals surface area contributed by atoms with Crippen molar-refractivity contribution in [2.75, 3.05) is 38.2 Å². The van der Waals surface area contributed by atoms with Crippen LogP contribution < -0.4 is 9.64 Å². The summed E-state index contributed by atoms with van der Waals surface area (Å²) in [7, 11) is 1.60. The van der Waals surface area contributed by atoms with E-state index in [9.17, 15) is 4.79 Å². The summed E-state index contributed by atoms with van der Waals surface area (Å²) < 4.78 is 11.0. The van der Waals surface area contributed by atoms with Crippen molar-refractivity contribution in [3.8, 4) is 5.75 Å². The number of anilines is 1. The molecule has 1 fully saturated rings. The van der Waals surface area contributed by atoms with Gasteiger partial charge in [0.25, 0.3) is 11.9 Å². The van der Waals surface area contributed by atoms with Gasteiger partial charge in [-0.15, -0.1) is 0 Å². The average molecular weight is 337 g/mol. The molecular formula is C19H19N3O3. The molecule has 128 valence electrons. The van der Waals surface area contributed by atoms with Crippen molar-refractivity contribution in [1.29, 1.82) is 0 Å². The van der Waals surface area contributed by atoms with E-state index in [0.29, 0.717) is 43.5 Å². The van der Waals surface area contributed by atoms with Crippen LogP contribution in [0.3, 0.4) is 0 Å². The number of carbonyl (C=O) groups is 1. The Morgan fingerprint density at radius 1 is 1.08 bits per heavy atom. The maximum Gasteiger partial charge on any atom is 0.298 e. The summed E-state index contributed by atoms with van der Waals surface area (Å²) in [6, 6.07) is 15.6. The number of aromatic nitrogens is 1. The number of hydrogen-bond donors (Lipinski definition) is 0. The normalized spacial score (nSPS) is 14.8. The zero-order valence-corrected chi connectivity index (χ0v) is 14.0. The number of nitrogens with zero attached hydrogens (tertiary/aromatic N) is 3. The van der Waals surface area contributed by atoms with Crippen LogP contribution in [0.25, 0.3) is 11.1 Å². The molecule has 0 aliphatic carbocycles. The zero-order chi connectivity index (χ0) is 17.2. The topological polar surface area (TPSA) is 58.8 Å². The number of para-hydroxylation sites is 2. The molecule has 4 rings (SSSR count). The molecule has 0 spiro atoms. The number of oxazole rings is 1. The number of piperazine rings is 1. The van der Waals surface area contributed by atoms with Crippen molar-refractivity contribution in [3.05, 3.63) is 54.1 Å². The highest BCUT2D eigenvalue weighted by atomic mass is 16.5. The van der Waals surface area contributed by atoms with Crippen LogP contribution in [0.4, 0.5) is 6.01 Å². The second-order valence-electron chi connectivity index (χ2n) is 5.98. The number of amides is 1. The molecule has 3 aromatic rings. The third-order valence-corrected chi connectivity index (χ3v) is 4.44. The molecule has 2 aromatic carbocycles. The first-order chi connectivity index (χ1) is 12.2. The first-order valence-corrected chi connectivity index (χ1v) is 8.28. The third-order valence-electron chi connectivity index (χ3n) is 4.44. The minimum Gasteiger partial charge on any atom is -0.497 e. The number of ether oxygens (including phenoxy) is 1. The Kier molecular flexibility index (Phi) is 4.01. The molecule has 1 aliphatic rings. The van der Waals surface area contributed by atoms with Gasteiger partial charge in [-0.05, 0) is 30.3 Å². The quantitative estimate of drug-likeness (QED) is 0.735. The number of benzene rings is 2. The summed E-state index contributed by atoms with van der Waals surface area (Å²) in [6.45, 7) is 2.66. The fourth-order valence-corrected chi connectivity index (χ4v) is 3.03. The summed E-state index contributed by atoms with van der Waals surface area (Å²) in [4.78, 5) is 21.1. The van der Waals surface area contributed by atoms with E-state index in [-0.39, 0.29) is 5.91 Å². The molecule has 6 heteroatoms. The van der Waals surface area contributed by atoms with Gasteiger partial charge in [0.1, 0.15) is 11.3 Å². The molecule has 1 amide bonds. The molecule has 25 heavy (non-hydrogen) atoms. The molecule has 0 bridgehead atoms. The lowest BCUT2D eigenvalue weighted by molar-refractivity contribution is 0.0744. The molecule has 1 aliphatic heterocycles. The van der Waals surface area contributed by atoms with Gasteiger partial charge in [-0.3, -0.25) is 4.79 Å². The van der Waals surface area contributed by atoms with E-state index in [2.05, 4.69) is 9.88 Å². The van der Waals surface area contributed by atoms with Crippen LogP contribution in [0.5, 0.6) is 5.75 Å². The Hall–Kier alpha value is -3.02. The van der Waals surface area contributed by atoms with E-state index >= 15 is 0 Å². The van der Waals surface area contributed by atoms with E-state index in [1.165, 1.54) is 0 Å². The van der Waals surface area contributed by atoms with Gasteiger partial charge in [0.05, 0.1) is 7.11 Å². The molecule has 0 N–H and O–H groups in total. The number of rotatable bonds is 3. The second-order valence-corrected chi connectivity index (χ2v) is 5.98. The van der Waals surface area contributed by atoms with Gasteiger partial charge in [0.2, 0.25) is 0 Å². The van der Waals surface area contributed by atoms with Crippen LogP contribution in [0.2, 0.25) is 0 Å². The van der Waals surface area contributed by atoms with Crippen LogP contribution in [-0.4, -0.2) is 49.1 Å². The Bertz CT molecular complexity index is 865. The maximum atomic E-state index is 12.7. The minimum absolute atomic E-state index is 0.0242. The Labute approximate surface area is 145 Å². The predicted molar refractivity (Wildman–Crippen MR) is 95.1 cm³/mol. The number of fused-ring (bicyclic) bond motifs is 1. The zero-order valence-electron chi connectivity index (χ0n) is 14.0. The molecule has 1 aromatic heterocycles. The summed E-state index contributed by atoms with van der Waals surface area (Å²) in [6.07, 6.45) is 0. The molecule has 1 saturated heterocycles. The summed E-state index contributed by atoms with van der Waals surface area (Å²) in [5, 5.41) is 0. The lowest BCUT2D eigenvalue weighted by Crippen LogP contribution is -2.48. The van der Waals surface area contributed by atoms with Gasteiger partial charge in [0.15, 0.2) is 5.58 Å². The van der Waals surface area contributed by atoms with Gasteiger partial charge in [-0.2, -0.15) is 4.98 Å². The van der Waals surface area contributed by atoms with E-state index in [1.807, 2.05) is 47.4 Å². The Morgan fingerprint density at radius 3 is 2.64 bits per heavy atom. The standard InChI is InChI=1S/C19H19N3O3/c1-24-15-6-4-5-14(13-15)18(23)21-9-11-22(12-10-21)19-20-16-7-2-3-8-17(16)25-19/h2-8,13H,9-12H2,1H3. The highest BCUT2D eigenvalue weighted by Crippen LogP contribution is 2.23. The number of hydrogen-bond acceptors (Lipinski definition) is 5. The van der Waals surface area contributed by atoms with E-state index in [0.717, 1.165) is 11.1 Å². The second kappa shape index (κ2) is 6.47. The number of carbonyl (C=O) groups excluding carboxylic acids is 1. The van der Waals surface area contributed by atoms with Crippen molar-refractivity contribution >= 4 is 23.0 Å². The molecule has 2 heterocycles. The molecule has 0 atom stereocenters. The first-order valence-electron chi connectivity index (χ1n) is 8.28. The van der Waals surface area contributed by atoms with E-state index in [1.54, 1.807) is 13.2 Å². The van der Waals surface area contributed by atoms with Crippen LogP contribution in [0.1, 0.15) is 10.4 Å². The molecule has 0 saturated carbocycles. The Balaban J connectivity index is 1.44. The molecule has 6 nitrogen and oxygen atoms in total. The summed E-state index contributed by atoms with van der Waals surface area (Å²) in [5.74, 6) is 0.715. The maximum absolute atomic E-state index is 12.7.